The molecule has 3 nitrogen and oxygen atoms in total. The molecule has 94 valence electrons. The summed E-state index contributed by atoms with van der Waals surface area (Å²) >= 11 is 5.13. The molecule has 0 saturated heterocycles. The van der Waals surface area contributed by atoms with Crippen molar-refractivity contribution in [1.82, 2.24) is 15.3 Å². The van der Waals surface area contributed by atoms with E-state index in [0.29, 0.717) is 0 Å². The minimum absolute atomic E-state index is 0.737. The molecule has 5 heteroatoms. The van der Waals surface area contributed by atoms with E-state index < -0.39 is 0 Å². The summed E-state index contributed by atoms with van der Waals surface area (Å²) in [6.45, 7) is 3.01. The highest BCUT2D eigenvalue weighted by atomic mass is 79.9. The predicted molar refractivity (Wildman–Crippen MR) is 77.6 cm³/mol. The molecule has 0 atom stereocenters. The van der Waals surface area contributed by atoms with Gasteiger partial charge in [0.1, 0.15) is 5.01 Å². The van der Waals surface area contributed by atoms with Crippen LogP contribution in [0.5, 0.6) is 0 Å². The van der Waals surface area contributed by atoms with Crippen molar-refractivity contribution < 1.29 is 0 Å². The van der Waals surface area contributed by atoms with Crippen LogP contribution in [0.3, 0.4) is 0 Å². The van der Waals surface area contributed by atoms with E-state index in [2.05, 4.69) is 38.1 Å². The number of aryl methyl sites for hydroxylation is 1. The summed E-state index contributed by atoms with van der Waals surface area (Å²) in [7, 11) is 0. The molecule has 1 saturated carbocycles. The first kappa shape index (κ1) is 12.3. The fraction of sp³-hybridized carbons (Fsp3) is 0.385. The fourth-order valence-electron chi connectivity index (χ4n) is 1.73. The fourth-order valence-corrected chi connectivity index (χ4v) is 2.95. The molecule has 3 rings (SSSR count). The first-order chi connectivity index (χ1) is 8.72. The van der Waals surface area contributed by atoms with E-state index in [1.54, 1.807) is 11.3 Å². The summed E-state index contributed by atoms with van der Waals surface area (Å²) in [5.41, 5.74) is 2.07. The summed E-state index contributed by atoms with van der Waals surface area (Å²) in [6, 6.07) is 4.74. The van der Waals surface area contributed by atoms with E-state index in [-0.39, 0.29) is 0 Å². The second kappa shape index (κ2) is 5.07. The molecule has 0 unspecified atom stereocenters. The topological polar surface area (TPSA) is 37.8 Å². The Bertz CT molecular complexity index is 546. The molecule has 0 amide bonds. The third-order valence-electron chi connectivity index (χ3n) is 2.97. The molecular weight excluding hydrogens is 310 g/mol. The summed E-state index contributed by atoms with van der Waals surface area (Å²) < 4.78 is 0.996. The maximum atomic E-state index is 4.61. The molecule has 2 aromatic rings. The lowest BCUT2D eigenvalue weighted by atomic mass is 10.3. The number of nitrogens with one attached hydrogen (secondary N) is 1. The SMILES string of the molecule is Cc1nc(-c2ccc(Br)cn2)sc1CNC1CC1. The van der Waals surface area contributed by atoms with Crippen LogP contribution in [0.4, 0.5) is 0 Å². The predicted octanol–water partition coefficient (Wildman–Crippen LogP) is 3.53. The molecule has 1 N–H and O–H groups in total. The quantitative estimate of drug-likeness (QED) is 0.935. The van der Waals surface area contributed by atoms with Gasteiger partial charge >= 0.3 is 0 Å². The van der Waals surface area contributed by atoms with Gasteiger partial charge in [-0.25, -0.2) is 4.98 Å². The second-order valence-corrected chi connectivity index (χ2v) is 6.54. The average Bonchev–Trinajstić information content (AvgIpc) is 3.12. The van der Waals surface area contributed by atoms with Crippen LogP contribution in [-0.2, 0) is 6.54 Å². The lowest BCUT2D eigenvalue weighted by Crippen LogP contribution is -2.14. The Kier molecular flexibility index (Phi) is 3.46. The van der Waals surface area contributed by atoms with E-state index in [9.17, 15) is 0 Å². The zero-order valence-corrected chi connectivity index (χ0v) is 12.5. The molecular formula is C13H14BrN3S. The Hall–Kier alpha value is -0.780. The van der Waals surface area contributed by atoms with Crippen LogP contribution >= 0.6 is 27.3 Å². The van der Waals surface area contributed by atoms with Gasteiger partial charge in [-0.3, -0.25) is 4.98 Å². The van der Waals surface area contributed by atoms with Gasteiger partial charge < -0.3 is 5.32 Å². The van der Waals surface area contributed by atoms with Gasteiger partial charge in [-0.05, 0) is 47.8 Å². The Morgan fingerprint density at radius 1 is 1.44 bits per heavy atom. The van der Waals surface area contributed by atoms with Gasteiger partial charge in [-0.2, -0.15) is 0 Å². The Morgan fingerprint density at radius 3 is 2.94 bits per heavy atom. The maximum absolute atomic E-state index is 4.61. The summed E-state index contributed by atoms with van der Waals surface area (Å²) in [5.74, 6) is 0. The highest BCUT2D eigenvalue weighted by molar-refractivity contribution is 9.10. The Balaban J connectivity index is 1.79. The van der Waals surface area contributed by atoms with Gasteiger partial charge in [0.15, 0.2) is 0 Å². The van der Waals surface area contributed by atoms with E-state index in [1.807, 2.05) is 18.3 Å². The van der Waals surface area contributed by atoms with E-state index in [1.165, 1.54) is 17.7 Å². The number of aromatic nitrogens is 2. The number of pyridine rings is 1. The van der Waals surface area contributed by atoms with Crippen LogP contribution in [0, 0.1) is 6.92 Å². The first-order valence-electron chi connectivity index (χ1n) is 6.04. The van der Waals surface area contributed by atoms with Crippen molar-refractivity contribution in [3.8, 4) is 10.7 Å². The van der Waals surface area contributed by atoms with Gasteiger partial charge in [0.25, 0.3) is 0 Å². The second-order valence-electron chi connectivity index (χ2n) is 4.54. The van der Waals surface area contributed by atoms with Gasteiger partial charge in [0.05, 0.1) is 11.4 Å². The average molecular weight is 324 g/mol. The van der Waals surface area contributed by atoms with Crippen LogP contribution in [0.25, 0.3) is 10.7 Å². The Labute approximate surface area is 119 Å². The number of thiazole rings is 1. The molecule has 0 aliphatic heterocycles. The number of rotatable bonds is 4. The van der Waals surface area contributed by atoms with Crippen molar-refractivity contribution in [2.24, 2.45) is 0 Å². The number of hydrogen-bond acceptors (Lipinski definition) is 4. The molecule has 0 aromatic carbocycles. The lowest BCUT2D eigenvalue weighted by Gasteiger charge is -1.99. The van der Waals surface area contributed by atoms with Crippen LogP contribution in [0.1, 0.15) is 23.4 Å². The van der Waals surface area contributed by atoms with Crippen molar-refractivity contribution in [2.45, 2.75) is 32.4 Å². The summed E-state index contributed by atoms with van der Waals surface area (Å²) in [5, 5.41) is 4.54. The van der Waals surface area contributed by atoms with Crippen LogP contribution in [0.2, 0.25) is 0 Å². The number of halogens is 1. The standard InChI is InChI=1S/C13H14BrN3S/c1-8-12(7-15-10-3-4-10)18-13(17-8)11-5-2-9(14)6-16-11/h2,5-6,10,15H,3-4,7H2,1H3. The minimum Gasteiger partial charge on any atom is -0.309 e. The summed E-state index contributed by atoms with van der Waals surface area (Å²) in [4.78, 5) is 10.3. The molecule has 2 aromatic heterocycles. The van der Waals surface area contributed by atoms with Crippen LogP contribution in [0.15, 0.2) is 22.8 Å². The van der Waals surface area contributed by atoms with E-state index in [0.717, 1.165) is 33.5 Å². The Morgan fingerprint density at radius 2 is 2.28 bits per heavy atom. The minimum atomic E-state index is 0.737. The van der Waals surface area contributed by atoms with Gasteiger partial charge in [0, 0.05) is 28.1 Å². The highest BCUT2D eigenvalue weighted by Gasteiger charge is 2.21. The van der Waals surface area contributed by atoms with Gasteiger partial charge in [-0.15, -0.1) is 11.3 Å². The molecule has 1 fully saturated rings. The third kappa shape index (κ3) is 2.79. The van der Waals surface area contributed by atoms with Crippen molar-refractivity contribution in [3.63, 3.8) is 0 Å². The number of hydrogen-bond donors (Lipinski definition) is 1. The van der Waals surface area contributed by atoms with Crippen LogP contribution in [-0.4, -0.2) is 16.0 Å². The first-order valence-corrected chi connectivity index (χ1v) is 7.65. The maximum Gasteiger partial charge on any atom is 0.142 e. The molecule has 0 bridgehead atoms. The van der Waals surface area contributed by atoms with Crippen molar-refractivity contribution in [3.05, 3.63) is 33.4 Å². The molecule has 2 heterocycles. The van der Waals surface area contributed by atoms with E-state index >= 15 is 0 Å². The molecule has 1 aliphatic rings. The van der Waals surface area contributed by atoms with Crippen molar-refractivity contribution in [1.29, 1.82) is 0 Å². The van der Waals surface area contributed by atoms with Crippen LogP contribution < -0.4 is 5.32 Å². The van der Waals surface area contributed by atoms with E-state index in [4.69, 9.17) is 0 Å². The lowest BCUT2D eigenvalue weighted by molar-refractivity contribution is 0.691. The molecule has 0 spiro atoms. The van der Waals surface area contributed by atoms with Crippen molar-refractivity contribution >= 4 is 27.3 Å². The van der Waals surface area contributed by atoms with Gasteiger partial charge in [-0.1, -0.05) is 0 Å². The molecule has 0 radical (unpaired) electrons. The molecule has 1 aliphatic carbocycles. The number of nitrogens with zero attached hydrogens (tertiary/aromatic N) is 2. The van der Waals surface area contributed by atoms with Gasteiger partial charge in [0.2, 0.25) is 0 Å². The monoisotopic (exact) mass is 323 g/mol. The molecule has 18 heavy (non-hydrogen) atoms. The third-order valence-corrected chi connectivity index (χ3v) is 4.62. The normalized spacial score (nSPS) is 15.0. The van der Waals surface area contributed by atoms with Crippen molar-refractivity contribution in [2.75, 3.05) is 0 Å². The highest BCUT2D eigenvalue weighted by Crippen LogP contribution is 2.28. The zero-order chi connectivity index (χ0) is 12.5. The zero-order valence-electron chi connectivity index (χ0n) is 10.1. The smallest absolute Gasteiger partial charge is 0.142 e. The largest absolute Gasteiger partial charge is 0.309 e. The summed E-state index contributed by atoms with van der Waals surface area (Å²) in [6.07, 6.45) is 4.45.